The Kier molecular flexibility index (Phi) is 7.65. The molecule has 10 heteroatoms. The van der Waals surface area contributed by atoms with Gasteiger partial charge in [-0.2, -0.15) is 0 Å². The second-order valence-corrected chi connectivity index (χ2v) is 7.91. The quantitative estimate of drug-likeness (QED) is 0.577. The van der Waals surface area contributed by atoms with Crippen molar-refractivity contribution >= 4 is 27.6 Å². The van der Waals surface area contributed by atoms with E-state index in [1.54, 1.807) is 12.1 Å². The molecular formula is C20H24N2O7S. The molecule has 0 fully saturated rings. The summed E-state index contributed by atoms with van der Waals surface area (Å²) < 4.78 is 43.2. The molecule has 0 aromatic heterocycles. The fraction of sp³-hybridized carbons (Fsp3) is 0.300. The van der Waals surface area contributed by atoms with Crippen LogP contribution in [0.1, 0.15) is 22.8 Å². The predicted octanol–water partition coefficient (Wildman–Crippen LogP) is 1.97. The Labute approximate surface area is 175 Å². The molecule has 0 aliphatic rings. The molecule has 2 N–H and O–H groups in total. The number of benzene rings is 2. The summed E-state index contributed by atoms with van der Waals surface area (Å²) in [6.07, 6.45) is 0.565. The Morgan fingerprint density at radius 3 is 2.10 bits per heavy atom. The summed E-state index contributed by atoms with van der Waals surface area (Å²) in [6, 6.07) is 8.91. The zero-order valence-electron chi connectivity index (χ0n) is 17.1. The fourth-order valence-corrected chi connectivity index (χ4v) is 3.73. The molecule has 2 aromatic rings. The molecule has 0 aliphatic heterocycles. The zero-order chi connectivity index (χ0) is 22.3. The van der Waals surface area contributed by atoms with E-state index in [2.05, 4.69) is 10.0 Å². The van der Waals surface area contributed by atoms with Crippen LogP contribution in [0.3, 0.4) is 0 Å². The summed E-state index contributed by atoms with van der Waals surface area (Å²) in [4.78, 5) is 23.1. The lowest BCUT2D eigenvalue weighted by Crippen LogP contribution is -2.22. The number of esters is 1. The lowest BCUT2D eigenvalue weighted by Gasteiger charge is -2.15. The number of nitrogens with one attached hydrogen (secondary N) is 2. The topological polar surface area (TPSA) is 120 Å². The van der Waals surface area contributed by atoms with Crippen LogP contribution in [0.2, 0.25) is 0 Å². The molecule has 0 atom stereocenters. The highest BCUT2D eigenvalue weighted by atomic mass is 32.2. The lowest BCUT2D eigenvalue weighted by molar-refractivity contribution is -0.118. The molecule has 162 valence electrons. The van der Waals surface area contributed by atoms with Gasteiger partial charge in [0.05, 0.1) is 37.5 Å². The normalized spacial score (nSPS) is 10.8. The van der Waals surface area contributed by atoms with Gasteiger partial charge in [0.1, 0.15) is 0 Å². The molecule has 0 bridgehead atoms. The van der Waals surface area contributed by atoms with Crippen LogP contribution in [-0.2, 0) is 26.0 Å². The van der Waals surface area contributed by atoms with Gasteiger partial charge >= 0.3 is 5.97 Å². The van der Waals surface area contributed by atoms with Crippen molar-refractivity contribution in [2.45, 2.75) is 18.2 Å². The number of hydrogen-bond acceptors (Lipinski definition) is 7. The van der Waals surface area contributed by atoms with Crippen molar-refractivity contribution in [2.75, 3.05) is 32.6 Å². The van der Waals surface area contributed by atoms with Gasteiger partial charge in [-0.1, -0.05) is 12.1 Å². The SMILES string of the molecule is COC(=O)c1cc(OC)c(OC)cc1NS(=O)(=O)c1ccc(CCNC(C)=O)cc1. The molecule has 30 heavy (non-hydrogen) atoms. The minimum Gasteiger partial charge on any atom is -0.493 e. The summed E-state index contributed by atoms with van der Waals surface area (Å²) in [5, 5.41) is 2.68. The van der Waals surface area contributed by atoms with Gasteiger partial charge in [-0.3, -0.25) is 9.52 Å². The van der Waals surface area contributed by atoms with Gasteiger partial charge in [-0.25, -0.2) is 13.2 Å². The van der Waals surface area contributed by atoms with E-state index >= 15 is 0 Å². The van der Waals surface area contributed by atoms with Crippen LogP contribution in [0.4, 0.5) is 5.69 Å². The molecule has 0 aliphatic carbocycles. The van der Waals surface area contributed by atoms with Gasteiger partial charge < -0.3 is 19.5 Å². The van der Waals surface area contributed by atoms with Gasteiger partial charge in [0, 0.05) is 25.6 Å². The third-order valence-electron chi connectivity index (χ3n) is 4.19. The minimum atomic E-state index is -4.00. The van der Waals surface area contributed by atoms with Gasteiger partial charge in [-0.05, 0) is 24.1 Å². The zero-order valence-corrected chi connectivity index (χ0v) is 18.0. The van der Waals surface area contributed by atoms with Crippen LogP contribution in [-0.4, -0.2) is 48.2 Å². The van der Waals surface area contributed by atoms with Crippen molar-refractivity contribution in [3.63, 3.8) is 0 Å². The number of methoxy groups -OCH3 is 3. The van der Waals surface area contributed by atoms with E-state index in [0.717, 1.165) is 5.56 Å². The third kappa shape index (κ3) is 5.63. The summed E-state index contributed by atoms with van der Waals surface area (Å²) in [5.74, 6) is -0.364. The molecule has 0 heterocycles. The number of ether oxygens (including phenoxy) is 3. The molecule has 9 nitrogen and oxygen atoms in total. The largest absolute Gasteiger partial charge is 0.493 e. The van der Waals surface area contributed by atoms with E-state index in [9.17, 15) is 18.0 Å². The highest BCUT2D eigenvalue weighted by molar-refractivity contribution is 7.92. The molecule has 0 spiro atoms. The highest BCUT2D eigenvalue weighted by Crippen LogP contribution is 2.34. The summed E-state index contributed by atoms with van der Waals surface area (Å²) in [5.41, 5.74) is 0.837. The van der Waals surface area contributed by atoms with Crippen LogP contribution in [0.5, 0.6) is 11.5 Å². The van der Waals surface area contributed by atoms with E-state index in [1.165, 1.54) is 52.5 Å². The second kappa shape index (κ2) is 9.97. The molecule has 1 amide bonds. The summed E-state index contributed by atoms with van der Waals surface area (Å²) >= 11 is 0. The minimum absolute atomic E-state index is 0.00534. The first kappa shape index (κ1) is 23.0. The maximum atomic E-state index is 12.8. The van der Waals surface area contributed by atoms with Gasteiger partial charge in [0.2, 0.25) is 5.91 Å². The van der Waals surface area contributed by atoms with Gasteiger partial charge in [0.15, 0.2) is 11.5 Å². The lowest BCUT2D eigenvalue weighted by atomic mass is 10.1. The van der Waals surface area contributed by atoms with Crippen molar-refractivity contribution in [1.82, 2.24) is 5.32 Å². The Hall–Kier alpha value is -3.27. The second-order valence-electron chi connectivity index (χ2n) is 6.23. The molecule has 0 saturated carbocycles. The van der Waals surface area contributed by atoms with Crippen LogP contribution in [0, 0.1) is 0 Å². The summed E-state index contributed by atoms with van der Waals surface area (Å²) in [6.45, 7) is 1.88. The smallest absolute Gasteiger partial charge is 0.340 e. The molecule has 2 aromatic carbocycles. The van der Waals surface area contributed by atoms with E-state index in [4.69, 9.17) is 14.2 Å². The van der Waals surface area contributed by atoms with Crippen molar-refractivity contribution < 1.29 is 32.2 Å². The Bertz CT molecular complexity index is 1020. The highest BCUT2D eigenvalue weighted by Gasteiger charge is 2.22. The molecular weight excluding hydrogens is 412 g/mol. The summed E-state index contributed by atoms with van der Waals surface area (Å²) in [7, 11) is -0.00971. The number of amides is 1. The number of anilines is 1. The molecule has 0 saturated heterocycles. The maximum Gasteiger partial charge on any atom is 0.340 e. The molecule has 0 radical (unpaired) electrons. The number of carbonyl (C=O) groups is 2. The number of rotatable bonds is 9. The average Bonchev–Trinajstić information content (AvgIpc) is 2.72. The number of sulfonamides is 1. The first-order valence-electron chi connectivity index (χ1n) is 8.92. The van der Waals surface area contributed by atoms with Crippen LogP contribution >= 0.6 is 0 Å². The first-order valence-corrected chi connectivity index (χ1v) is 10.4. The Balaban J connectivity index is 2.31. The van der Waals surface area contributed by atoms with Crippen LogP contribution in [0.25, 0.3) is 0 Å². The van der Waals surface area contributed by atoms with Crippen LogP contribution < -0.4 is 19.5 Å². The van der Waals surface area contributed by atoms with Crippen molar-refractivity contribution in [3.8, 4) is 11.5 Å². The van der Waals surface area contributed by atoms with Crippen molar-refractivity contribution in [1.29, 1.82) is 0 Å². The predicted molar refractivity (Wildman–Crippen MR) is 111 cm³/mol. The van der Waals surface area contributed by atoms with E-state index < -0.39 is 16.0 Å². The van der Waals surface area contributed by atoms with Crippen molar-refractivity contribution in [3.05, 3.63) is 47.5 Å². The maximum absolute atomic E-state index is 12.8. The Morgan fingerprint density at radius 1 is 0.967 bits per heavy atom. The van der Waals surface area contributed by atoms with Crippen molar-refractivity contribution in [2.24, 2.45) is 0 Å². The van der Waals surface area contributed by atoms with E-state index in [0.29, 0.717) is 13.0 Å². The molecule has 2 rings (SSSR count). The van der Waals surface area contributed by atoms with Gasteiger partial charge in [-0.15, -0.1) is 0 Å². The standard InChI is InChI=1S/C20H24N2O7S/c1-13(23)21-10-9-14-5-7-15(8-6-14)30(25,26)22-17-12-19(28-3)18(27-2)11-16(17)20(24)29-4/h5-8,11-12,22H,9-10H2,1-4H3,(H,21,23). The van der Waals surface area contributed by atoms with E-state index in [1.807, 2.05) is 0 Å². The fourth-order valence-electron chi connectivity index (χ4n) is 2.66. The van der Waals surface area contributed by atoms with Gasteiger partial charge in [0.25, 0.3) is 10.0 Å². The Morgan fingerprint density at radius 2 is 1.57 bits per heavy atom. The molecule has 0 unspecified atom stereocenters. The first-order chi connectivity index (χ1) is 14.2. The van der Waals surface area contributed by atoms with E-state index in [-0.39, 0.29) is 33.6 Å². The third-order valence-corrected chi connectivity index (χ3v) is 5.58. The number of carbonyl (C=O) groups excluding carboxylic acids is 2. The average molecular weight is 436 g/mol. The van der Waals surface area contributed by atoms with Crippen LogP contribution in [0.15, 0.2) is 41.3 Å². The number of hydrogen-bond donors (Lipinski definition) is 2. The monoisotopic (exact) mass is 436 g/mol.